The van der Waals surface area contributed by atoms with E-state index in [-0.39, 0.29) is 0 Å². The molecule has 0 aromatic rings. The van der Waals surface area contributed by atoms with Crippen molar-refractivity contribution in [1.82, 2.24) is 0 Å². The molecule has 1 aliphatic rings. The summed E-state index contributed by atoms with van der Waals surface area (Å²) in [6.45, 7) is 0. The maximum absolute atomic E-state index is 3.14. The van der Waals surface area contributed by atoms with Crippen molar-refractivity contribution in [3.63, 3.8) is 0 Å². The van der Waals surface area contributed by atoms with E-state index in [2.05, 4.69) is 16.0 Å². The van der Waals surface area contributed by atoms with Gasteiger partial charge in [0.15, 0.2) is 0 Å². The molecule has 0 amide bonds. The van der Waals surface area contributed by atoms with Crippen LogP contribution in [0.25, 0.3) is 0 Å². The van der Waals surface area contributed by atoms with Gasteiger partial charge in [0.25, 0.3) is 0 Å². The fourth-order valence-electron chi connectivity index (χ4n) is 0.888. The van der Waals surface area contributed by atoms with Crippen molar-refractivity contribution in [3.8, 4) is 0 Å². The first-order valence-electron chi connectivity index (χ1n) is 2.55. The van der Waals surface area contributed by atoms with Crippen LogP contribution in [-0.2, 0) is 0 Å². The van der Waals surface area contributed by atoms with Gasteiger partial charge in [0.1, 0.15) is 0 Å². The van der Waals surface area contributed by atoms with E-state index in [4.69, 9.17) is 0 Å². The molecule has 1 saturated carbocycles. The zero-order valence-corrected chi connectivity index (χ0v) is 5.53. The molecule has 0 bridgehead atoms. The average molecular weight is 148 g/mol. The van der Waals surface area contributed by atoms with Crippen LogP contribution in [0.2, 0.25) is 4.82 Å². The summed E-state index contributed by atoms with van der Waals surface area (Å²) in [7, 11) is 0. The summed E-state index contributed by atoms with van der Waals surface area (Å²) in [4.78, 5) is 0.921. The van der Waals surface area contributed by atoms with Crippen LogP contribution in [0.5, 0.6) is 0 Å². The molecule has 1 fully saturated rings. The summed E-state index contributed by atoms with van der Waals surface area (Å²) in [5.41, 5.74) is 0. The summed E-state index contributed by atoms with van der Waals surface area (Å²) in [6, 6.07) is 0. The van der Waals surface area contributed by atoms with Crippen LogP contribution in [0.15, 0.2) is 0 Å². The Hall–Kier alpha value is 0.519. The molecule has 0 nitrogen and oxygen atoms in total. The zero-order chi connectivity index (χ0) is 4.41. The third-order valence-electron chi connectivity index (χ3n) is 1.30. The summed E-state index contributed by atoms with van der Waals surface area (Å²) in [5, 5.41) is 0. The maximum atomic E-state index is 3.14. The number of rotatable bonds is 0. The average Bonchev–Trinajstić information content (AvgIpc) is 1.86. The van der Waals surface area contributed by atoms with Crippen molar-refractivity contribution >= 4 is 16.0 Å². The summed E-state index contributed by atoms with van der Waals surface area (Å²) < 4.78 is 0. The van der Waals surface area contributed by atoms with Crippen LogP contribution < -0.4 is 0 Å². The Kier molecular flexibility index (Phi) is 1.55. The second-order valence-electron chi connectivity index (χ2n) is 1.91. The minimum atomic E-state index is 0.921. The standard InChI is InChI=1S/C5H9Se/c6-5-3-1-2-4-5/h5H,1-4H2. The van der Waals surface area contributed by atoms with Crippen molar-refractivity contribution < 1.29 is 0 Å². The SMILES string of the molecule is [Se]C1CCCC1. The molecule has 1 heteroatoms. The van der Waals surface area contributed by atoms with E-state index >= 15 is 0 Å². The molecule has 6 heavy (non-hydrogen) atoms. The molecule has 0 aromatic heterocycles. The van der Waals surface area contributed by atoms with Gasteiger partial charge < -0.3 is 0 Å². The van der Waals surface area contributed by atoms with Crippen molar-refractivity contribution in [3.05, 3.63) is 0 Å². The molecule has 0 aliphatic heterocycles. The Labute approximate surface area is 47.1 Å². The Morgan fingerprint density at radius 1 is 1.17 bits per heavy atom. The molecule has 1 aliphatic carbocycles. The van der Waals surface area contributed by atoms with Crippen molar-refractivity contribution in [2.24, 2.45) is 0 Å². The van der Waals surface area contributed by atoms with Gasteiger partial charge in [-0.25, -0.2) is 0 Å². The molecule has 0 atom stereocenters. The van der Waals surface area contributed by atoms with Crippen LogP contribution in [-0.4, -0.2) is 16.0 Å². The fraction of sp³-hybridized carbons (Fsp3) is 1.00. The van der Waals surface area contributed by atoms with Crippen LogP contribution in [0.4, 0.5) is 0 Å². The fourth-order valence-corrected chi connectivity index (χ4v) is 1.59. The molecule has 35 valence electrons. The molecule has 0 aromatic carbocycles. The summed E-state index contributed by atoms with van der Waals surface area (Å²) in [6.07, 6.45) is 5.77. The summed E-state index contributed by atoms with van der Waals surface area (Å²) >= 11 is 3.14. The van der Waals surface area contributed by atoms with E-state index in [1.54, 1.807) is 0 Å². The topological polar surface area (TPSA) is 0 Å². The van der Waals surface area contributed by atoms with Crippen LogP contribution in [0.3, 0.4) is 0 Å². The molecule has 0 saturated heterocycles. The van der Waals surface area contributed by atoms with Crippen LogP contribution in [0.1, 0.15) is 25.7 Å². The molecule has 0 spiro atoms. The normalized spacial score (nSPS) is 25.5. The van der Waals surface area contributed by atoms with Gasteiger partial charge in [0.2, 0.25) is 0 Å². The zero-order valence-electron chi connectivity index (χ0n) is 3.81. The third-order valence-corrected chi connectivity index (χ3v) is 2.29. The van der Waals surface area contributed by atoms with Crippen molar-refractivity contribution in [2.75, 3.05) is 0 Å². The van der Waals surface area contributed by atoms with Gasteiger partial charge in [-0.15, -0.1) is 0 Å². The Bertz CT molecular complexity index is 37.2. The molecule has 0 unspecified atom stereocenters. The van der Waals surface area contributed by atoms with E-state index in [9.17, 15) is 0 Å². The molecule has 0 heterocycles. The van der Waals surface area contributed by atoms with Gasteiger partial charge in [-0.2, -0.15) is 0 Å². The Morgan fingerprint density at radius 3 is 1.83 bits per heavy atom. The van der Waals surface area contributed by atoms with Crippen LogP contribution in [0, 0.1) is 0 Å². The first kappa shape index (κ1) is 4.67. The molecular weight excluding hydrogens is 139 g/mol. The van der Waals surface area contributed by atoms with Gasteiger partial charge in [-0.05, 0) is 0 Å². The molecule has 0 N–H and O–H groups in total. The number of hydrogen-bond donors (Lipinski definition) is 0. The Balaban J connectivity index is 2.18. The molecule has 1 rings (SSSR count). The van der Waals surface area contributed by atoms with Gasteiger partial charge in [-0.1, -0.05) is 0 Å². The monoisotopic (exact) mass is 149 g/mol. The minimum absolute atomic E-state index is 0.921. The van der Waals surface area contributed by atoms with E-state index in [0.29, 0.717) is 0 Å². The van der Waals surface area contributed by atoms with E-state index in [0.717, 1.165) is 4.82 Å². The van der Waals surface area contributed by atoms with Crippen molar-refractivity contribution in [1.29, 1.82) is 0 Å². The quantitative estimate of drug-likeness (QED) is 0.457. The first-order valence-corrected chi connectivity index (χ1v) is 3.54. The van der Waals surface area contributed by atoms with E-state index in [1.807, 2.05) is 0 Å². The van der Waals surface area contributed by atoms with Crippen molar-refractivity contribution in [2.45, 2.75) is 30.5 Å². The van der Waals surface area contributed by atoms with E-state index in [1.165, 1.54) is 25.7 Å². The predicted molar refractivity (Wildman–Crippen MR) is 28.0 cm³/mol. The third kappa shape index (κ3) is 0.990. The van der Waals surface area contributed by atoms with Gasteiger partial charge in [-0.3, -0.25) is 0 Å². The Morgan fingerprint density at radius 2 is 1.67 bits per heavy atom. The predicted octanol–water partition coefficient (Wildman–Crippen LogP) is 1.52. The first-order chi connectivity index (χ1) is 2.89. The number of hydrogen-bond acceptors (Lipinski definition) is 0. The van der Waals surface area contributed by atoms with E-state index < -0.39 is 0 Å². The van der Waals surface area contributed by atoms with Gasteiger partial charge in [0, 0.05) is 0 Å². The van der Waals surface area contributed by atoms with Crippen LogP contribution >= 0.6 is 0 Å². The van der Waals surface area contributed by atoms with Gasteiger partial charge in [0.05, 0.1) is 0 Å². The summed E-state index contributed by atoms with van der Waals surface area (Å²) in [5.74, 6) is 0. The second kappa shape index (κ2) is 1.99. The second-order valence-corrected chi connectivity index (χ2v) is 3.31. The molecular formula is C5H9Se. The van der Waals surface area contributed by atoms with Gasteiger partial charge >= 0.3 is 46.5 Å². The molecule has 1 radical (unpaired) electrons.